The predicted molar refractivity (Wildman–Crippen MR) is 101 cm³/mol. The molecule has 0 aliphatic carbocycles. The molecule has 0 radical (unpaired) electrons. The van der Waals surface area contributed by atoms with E-state index in [1.165, 1.54) is 6.92 Å². The molecule has 2 aromatic carbocycles. The molecule has 3 rings (SSSR count). The Kier molecular flexibility index (Phi) is 5.22. The van der Waals surface area contributed by atoms with Crippen LogP contribution in [0.4, 0.5) is 5.69 Å². The van der Waals surface area contributed by atoms with Gasteiger partial charge in [0.05, 0.1) is 7.11 Å². The Morgan fingerprint density at radius 3 is 2.54 bits per heavy atom. The second kappa shape index (κ2) is 7.74. The van der Waals surface area contributed by atoms with Gasteiger partial charge in [-0.1, -0.05) is 18.2 Å². The van der Waals surface area contributed by atoms with Crippen molar-refractivity contribution in [2.75, 3.05) is 12.4 Å². The van der Waals surface area contributed by atoms with Gasteiger partial charge in [-0.15, -0.1) is 0 Å². The van der Waals surface area contributed by atoms with Crippen LogP contribution in [-0.2, 0) is 16.0 Å². The van der Waals surface area contributed by atoms with Crippen LogP contribution in [0.3, 0.4) is 0 Å². The molecule has 0 aliphatic rings. The summed E-state index contributed by atoms with van der Waals surface area (Å²) >= 11 is 0. The SMILES string of the molecule is COc1ccc(NC(=O)[C@@H](Cc2c[nH]c3ccccc23)NC(C)=O)cc1. The van der Waals surface area contributed by atoms with Crippen LogP contribution in [0.25, 0.3) is 10.9 Å². The number of hydrogen-bond acceptors (Lipinski definition) is 3. The standard InChI is InChI=1S/C20H21N3O3/c1-13(24)22-19(11-14-12-21-18-6-4-3-5-17(14)18)20(25)23-15-7-9-16(26-2)10-8-15/h3-10,12,19,21H,11H2,1-2H3,(H,22,24)(H,23,25)/t19-/m1/s1. The predicted octanol–water partition coefficient (Wildman–Crippen LogP) is 2.86. The molecule has 1 atom stereocenters. The highest BCUT2D eigenvalue weighted by molar-refractivity contribution is 5.97. The molecular formula is C20H21N3O3. The molecule has 1 heterocycles. The zero-order chi connectivity index (χ0) is 18.5. The Labute approximate surface area is 151 Å². The Bertz CT molecular complexity index is 915. The van der Waals surface area contributed by atoms with Gasteiger partial charge in [0.1, 0.15) is 11.8 Å². The first-order chi connectivity index (χ1) is 12.6. The fraction of sp³-hybridized carbons (Fsp3) is 0.200. The Hall–Kier alpha value is -3.28. The molecule has 2 amide bonds. The molecule has 134 valence electrons. The van der Waals surface area contributed by atoms with Crippen molar-refractivity contribution < 1.29 is 14.3 Å². The van der Waals surface area contributed by atoms with E-state index in [4.69, 9.17) is 4.74 Å². The molecule has 0 unspecified atom stereocenters. The number of carbonyl (C=O) groups is 2. The molecule has 3 N–H and O–H groups in total. The minimum absolute atomic E-state index is 0.250. The highest BCUT2D eigenvalue weighted by Crippen LogP contribution is 2.20. The van der Waals surface area contributed by atoms with Crippen molar-refractivity contribution in [3.63, 3.8) is 0 Å². The average molecular weight is 351 g/mol. The number of aromatic amines is 1. The lowest BCUT2D eigenvalue weighted by molar-refractivity contribution is -0.125. The number of hydrogen-bond donors (Lipinski definition) is 3. The molecule has 0 saturated carbocycles. The number of H-pyrrole nitrogens is 1. The number of carbonyl (C=O) groups excluding carboxylic acids is 2. The number of amides is 2. The van der Waals surface area contributed by atoms with Gasteiger partial charge >= 0.3 is 0 Å². The monoisotopic (exact) mass is 351 g/mol. The number of rotatable bonds is 6. The molecule has 0 saturated heterocycles. The van der Waals surface area contributed by atoms with Crippen LogP contribution in [0.15, 0.2) is 54.7 Å². The lowest BCUT2D eigenvalue weighted by atomic mass is 10.0. The van der Waals surface area contributed by atoms with Gasteiger partial charge in [0.2, 0.25) is 11.8 Å². The van der Waals surface area contributed by atoms with Crippen LogP contribution >= 0.6 is 0 Å². The molecule has 0 fully saturated rings. The van der Waals surface area contributed by atoms with Crippen molar-refractivity contribution >= 4 is 28.4 Å². The van der Waals surface area contributed by atoms with Gasteiger partial charge in [-0.25, -0.2) is 0 Å². The smallest absolute Gasteiger partial charge is 0.247 e. The minimum Gasteiger partial charge on any atom is -0.497 e. The van der Waals surface area contributed by atoms with Crippen molar-refractivity contribution in [1.29, 1.82) is 0 Å². The normalized spacial score (nSPS) is 11.8. The van der Waals surface area contributed by atoms with Gasteiger partial charge in [-0.05, 0) is 35.9 Å². The van der Waals surface area contributed by atoms with E-state index in [1.807, 2.05) is 30.5 Å². The van der Waals surface area contributed by atoms with E-state index in [2.05, 4.69) is 15.6 Å². The van der Waals surface area contributed by atoms with E-state index >= 15 is 0 Å². The van der Waals surface area contributed by atoms with Gasteiger partial charge in [0, 0.05) is 36.1 Å². The highest BCUT2D eigenvalue weighted by atomic mass is 16.5. The summed E-state index contributed by atoms with van der Waals surface area (Å²) in [5.41, 5.74) is 2.62. The van der Waals surface area contributed by atoms with Gasteiger partial charge < -0.3 is 20.4 Å². The summed E-state index contributed by atoms with van der Waals surface area (Å²) in [4.78, 5) is 27.5. The van der Waals surface area contributed by atoms with Crippen molar-refractivity contribution in [1.82, 2.24) is 10.3 Å². The summed E-state index contributed by atoms with van der Waals surface area (Å²) in [6.07, 6.45) is 2.27. The van der Waals surface area contributed by atoms with Gasteiger partial charge in [0.25, 0.3) is 0 Å². The molecule has 6 heteroatoms. The maximum absolute atomic E-state index is 12.7. The van der Waals surface area contributed by atoms with E-state index < -0.39 is 6.04 Å². The van der Waals surface area contributed by atoms with Crippen LogP contribution in [0, 0.1) is 0 Å². The quantitative estimate of drug-likeness (QED) is 0.638. The van der Waals surface area contributed by atoms with Crippen LogP contribution in [0.2, 0.25) is 0 Å². The number of nitrogens with one attached hydrogen (secondary N) is 3. The average Bonchev–Trinajstić information content (AvgIpc) is 3.04. The summed E-state index contributed by atoms with van der Waals surface area (Å²) in [6, 6.07) is 14.2. The van der Waals surface area contributed by atoms with Crippen LogP contribution in [0.5, 0.6) is 5.75 Å². The Morgan fingerprint density at radius 2 is 1.85 bits per heavy atom. The van der Waals surface area contributed by atoms with Gasteiger partial charge in [-0.3, -0.25) is 9.59 Å². The first-order valence-electron chi connectivity index (χ1n) is 8.34. The molecule has 0 spiro atoms. The topological polar surface area (TPSA) is 83.2 Å². The fourth-order valence-corrected chi connectivity index (χ4v) is 2.88. The van der Waals surface area contributed by atoms with E-state index in [0.717, 1.165) is 16.5 Å². The zero-order valence-electron chi connectivity index (χ0n) is 14.7. The Balaban J connectivity index is 1.78. The number of methoxy groups -OCH3 is 1. The number of fused-ring (bicyclic) bond motifs is 1. The Morgan fingerprint density at radius 1 is 1.12 bits per heavy atom. The second-order valence-corrected chi connectivity index (χ2v) is 6.03. The largest absolute Gasteiger partial charge is 0.497 e. The van der Waals surface area contributed by atoms with E-state index in [0.29, 0.717) is 17.9 Å². The lowest BCUT2D eigenvalue weighted by Crippen LogP contribution is -2.44. The third kappa shape index (κ3) is 4.03. The summed E-state index contributed by atoms with van der Waals surface area (Å²) in [5.74, 6) is 0.190. The van der Waals surface area contributed by atoms with E-state index in [1.54, 1.807) is 31.4 Å². The first kappa shape index (κ1) is 17.5. The van der Waals surface area contributed by atoms with E-state index in [9.17, 15) is 9.59 Å². The zero-order valence-corrected chi connectivity index (χ0v) is 14.7. The maximum Gasteiger partial charge on any atom is 0.247 e. The van der Waals surface area contributed by atoms with Crippen LogP contribution in [-0.4, -0.2) is 29.9 Å². The molecule has 3 aromatic rings. The molecule has 26 heavy (non-hydrogen) atoms. The molecule has 0 bridgehead atoms. The third-order valence-corrected chi connectivity index (χ3v) is 4.15. The van der Waals surface area contributed by atoms with Crippen LogP contribution in [0.1, 0.15) is 12.5 Å². The van der Waals surface area contributed by atoms with Crippen molar-refractivity contribution in [2.45, 2.75) is 19.4 Å². The minimum atomic E-state index is -0.672. The number of para-hydroxylation sites is 1. The maximum atomic E-state index is 12.7. The lowest BCUT2D eigenvalue weighted by Gasteiger charge is -2.17. The summed E-state index contributed by atoms with van der Waals surface area (Å²) in [7, 11) is 1.58. The molecule has 0 aliphatic heterocycles. The van der Waals surface area contributed by atoms with Gasteiger partial charge in [0.15, 0.2) is 0 Å². The third-order valence-electron chi connectivity index (χ3n) is 4.15. The summed E-state index contributed by atoms with van der Waals surface area (Å²) < 4.78 is 5.11. The van der Waals surface area contributed by atoms with Crippen molar-refractivity contribution in [2.24, 2.45) is 0 Å². The fourth-order valence-electron chi connectivity index (χ4n) is 2.88. The van der Waals surface area contributed by atoms with E-state index in [-0.39, 0.29) is 11.8 Å². The van der Waals surface area contributed by atoms with Gasteiger partial charge in [-0.2, -0.15) is 0 Å². The second-order valence-electron chi connectivity index (χ2n) is 6.03. The highest BCUT2D eigenvalue weighted by Gasteiger charge is 2.21. The number of aromatic nitrogens is 1. The molecular weight excluding hydrogens is 330 g/mol. The summed E-state index contributed by atoms with van der Waals surface area (Å²) in [5, 5.41) is 6.62. The van der Waals surface area contributed by atoms with Crippen molar-refractivity contribution in [3.8, 4) is 5.75 Å². The molecule has 1 aromatic heterocycles. The molecule has 6 nitrogen and oxygen atoms in total. The number of anilines is 1. The summed E-state index contributed by atoms with van der Waals surface area (Å²) in [6.45, 7) is 1.41. The van der Waals surface area contributed by atoms with Crippen molar-refractivity contribution in [3.05, 3.63) is 60.3 Å². The first-order valence-corrected chi connectivity index (χ1v) is 8.34. The number of benzene rings is 2. The number of ether oxygens (including phenoxy) is 1. The van der Waals surface area contributed by atoms with Crippen LogP contribution < -0.4 is 15.4 Å².